The van der Waals surface area contributed by atoms with Crippen LogP contribution in [-0.4, -0.2) is 35.1 Å². The summed E-state index contributed by atoms with van der Waals surface area (Å²) in [5.41, 5.74) is 0. The second-order valence-electron chi connectivity index (χ2n) is 3.93. The summed E-state index contributed by atoms with van der Waals surface area (Å²) in [6.45, 7) is 2.02. The van der Waals surface area contributed by atoms with Crippen LogP contribution in [0.1, 0.15) is 25.7 Å². The van der Waals surface area contributed by atoms with Crippen molar-refractivity contribution in [1.29, 1.82) is 0 Å². The van der Waals surface area contributed by atoms with Crippen LogP contribution in [0.25, 0.3) is 0 Å². The molecule has 2 fully saturated rings. The van der Waals surface area contributed by atoms with Crippen LogP contribution in [0.3, 0.4) is 0 Å². The maximum Gasteiger partial charge on any atom is 0.320 e. The van der Waals surface area contributed by atoms with Crippen LogP contribution < -0.4 is 0 Å². The molecule has 4 heteroatoms. The van der Waals surface area contributed by atoms with Crippen LogP contribution >= 0.6 is 12.4 Å². The Balaban J connectivity index is 0.000000845. The minimum Gasteiger partial charge on any atom is -0.480 e. The fourth-order valence-corrected chi connectivity index (χ4v) is 1.96. The summed E-state index contributed by atoms with van der Waals surface area (Å²) >= 11 is 0. The summed E-state index contributed by atoms with van der Waals surface area (Å²) in [4.78, 5) is 12.9. The molecule has 0 amide bonds. The van der Waals surface area contributed by atoms with Crippen LogP contribution in [0, 0.1) is 5.92 Å². The van der Waals surface area contributed by atoms with Crippen LogP contribution in [-0.2, 0) is 4.79 Å². The first-order valence-electron chi connectivity index (χ1n) is 4.74. The lowest BCUT2D eigenvalue weighted by atomic mass is 10.2. The highest BCUT2D eigenvalue weighted by atomic mass is 35.5. The average Bonchev–Trinajstić information content (AvgIpc) is 2.66. The summed E-state index contributed by atoms with van der Waals surface area (Å²) in [7, 11) is 0. The second kappa shape index (κ2) is 4.29. The van der Waals surface area contributed by atoms with E-state index < -0.39 is 5.97 Å². The number of aliphatic carboxylic acids is 1. The molecule has 1 saturated carbocycles. The Hall–Kier alpha value is -0.280. The van der Waals surface area contributed by atoms with Crippen LogP contribution in [0.2, 0.25) is 0 Å². The largest absolute Gasteiger partial charge is 0.480 e. The number of hydrogen-bond donors (Lipinski definition) is 1. The third-order valence-corrected chi connectivity index (χ3v) is 2.84. The van der Waals surface area contributed by atoms with Gasteiger partial charge in [-0.1, -0.05) is 0 Å². The molecule has 1 saturated heterocycles. The maximum absolute atomic E-state index is 10.8. The monoisotopic (exact) mass is 205 g/mol. The fraction of sp³-hybridized carbons (Fsp3) is 0.889. The molecule has 76 valence electrons. The number of rotatable bonds is 3. The molecular weight excluding hydrogens is 190 g/mol. The molecule has 0 spiro atoms. The van der Waals surface area contributed by atoms with Crippen molar-refractivity contribution in [1.82, 2.24) is 4.90 Å². The summed E-state index contributed by atoms with van der Waals surface area (Å²) in [5.74, 6) is 0.179. The summed E-state index contributed by atoms with van der Waals surface area (Å²) < 4.78 is 0. The van der Waals surface area contributed by atoms with E-state index in [1.54, 1.807) is 0 Å². The molecule has 1 aliphatic carbocycles. The Kier molecular flexibility index (Phi) is 3.56. The normalized spacial score (nSPS) is 28.5. The minimum atomic E-state index is -0.631. The molecule has 3 nitrogen and oxygen atoms in total. The van der Waals surface area contributed by atoms with E-state index >= 15 is 0 Å². The van der Waals surface area contributed by atoms with Crippen molar-refractivity contribution in [2.24, 2.45) is 5.92 Å². The Morgan fingerprint density at radius 2 is 2.08 bits per heavy atom. The van der Waals surface area contributed by atoms with Gasteiger partial charge in [0, 0.05) is 6.54 Å². The van der Waals surface area contributed by atoms with E-state index in [2.05, 4.69) is 4.90 Å². The van der Waals surface area contributed by atoms with E-state index in [0.717, 1.165) is 31.8 Å². The van der Waals surface area contributed by atoms with Crippen molar-refractivity contribution < 1.29 is 9.90 Å². The quantitative estimate of drug-likeness (QED) is 0.757. The molecular formula is C9H16ClNO2. The molecule has 13 heavy (non-hydrogen) atoms. The number of likely N-dealkylation sites (tertiary alicyclic amines) is 1. The number of carboxylic acids is 1. The topological polar surface area (TPSA) is 40.5 Å². The van der Waals surface area contributed by atoms with E-state index in [9.17, 15) is 4.79 Å². The lowest BCUT2D eigenvalue weighted by Gasteiger charge is -2.20. The zero-order valence-corrected chi connectivity index (χ0v) is 8.42. The highest BCUT2D eigenvalue weighted by Crippen LogP contribution is 2.32. The lowest BCUT2D eigenvalue weighted by molar-refractivity contribution is -0.142. The molecule has 0 aromatic carbocycles. The summed E-state index contributed by atoms with van der Waals surface area (Å²) in [6.07, 6.45) is 4.53. The first kappa shape index (κ1) is 10.8. The number of hydrogen-bond acceptors (Lipinski definition) is 2. The van der Waals surface area contributed by atoms with Gasteiger partial charge >= 0.3 is 5.97 Å². The predicted octanol–water partition coefficient (Wildman–Crippen LogP) is 1.37. The lowest BCUT2D eigenvalue weighted by Crippen LogP contribution is -2.37. The van der Waals surface area contributed by atoms with Gasteiger partial charge in [0.25, 0.3) is 0 Å². The number of halogens is 1. The standard InChI is InChI=1S/C9H15NO2.ClH/c11-9(12)8-2-1-5-10(8)6-7-3-4-7;/h7-8H,1-6H2,(H,11,12);1H. The fourth-order valence-electron chi connectivity index (χ4n) is 1.96. The minimum absolute atomic E-state index is 0. The van der Waals surface area contributed by atoms with Gasteiger partial charge in [-0.15, -0.1) is 12.4 Å². The maximum atomic E-state index is 10.8. The van der Waals surface area contributed by atoms with E-state index in [-0.39, 0.29) is 18.4 Å². The van der Waals surface area contributed by atoms with Crippen molar-refractivity contribution >= 4 is 18.4 Å². The van der Waals surface area contributed by atoms with Gasteiger partial charge in [-0.3, -0.25) is 9.69 Å². The Labute approximate surface area is 84.5 Å². The highest BCUT2D eigenvalue weighted by molar-refractivity contribution is 5.85. The molecule has 1 atom stereocenters. The molecule has 2 rings (SSSR count). The number of carbonyl (C=O) groups is 1. The predicted molar refractivity (Wildman–Crippen MR) is 52.2 cm³/mol. The van der Waals surface area contributed by atoms with Crippen molar-refractivity contribution in [3.05, 3.63) is 0 Å². The van der Waals surface area contributed by atoms with E-state index in [1.807, 2.05) is 0 Å². The zero-order chi connectivity index (χ0) is 8.55. The van der Waals surface area contributed by atoms with Crippen molar-refractivity contribution in [3.8, 4) is 0 Å². The molecule has 1 heterocycles. The summed E-state index contributed by atoms with van der Waals surface area (Å²) in [6, 6.07) is -0.175. The van der Waals surface area contributed by atoms with E-state index in [0.29, 0.717) is 0 Å². The van der Waals surface area contributed by atoms with Gasteiger partial charge in [0.15, 0.2) is 0 Å². The average molecular weight is 206 g/mol. The van der Waals surface area contributed by atoms with Crippen LogP contribution in [0.15, 0.2) is 0 Å². The Morgan fingerprint density at radius 3 is 2.62 bits per heavy atom. The smallest absolute Gasteiger partial charge is 0.320 e. The third kappa shape index (κ3) is 2.58. The SMILES string of the molecule is Cl.O=C(O)C1CCCN1CC1CC1. The van der Waals surface area contributed by atoms with E-state index in [1.165, 1.54) is 12.8 Å². The number of carboxylic acid groups (broad SMARTS) is 1. The van der Waals surface area contributed by atoms with Crippen molar-refractivity contribution in [3.63, 3.8) is 0 Å². The molecule has 0 radical (unpaired) electrons. The Bertz CT molecular complexity index is 194. The second-order valence-corrected chi connectivity index (χ2v) is 3.93. The first-order chi connectivity index (χ1) is 5.77. The molecule has 0 aromatic heterocycles. The van der Waals surface area contributed by atoms with Gasteiger partial charge in [-0.2, -0.15) is 0 Å². The summed E-state index contributed by atoms with van der Waals surface area (Å²) in [5, 5.41) is 8.88. The van der Waals surface area contributed by atoms with Gasteiger partial charge in [-0.25, -0.2) is 0 Å². The van der Waals surface area contributed by atoms with Crippen molar-refractivity contribution in [2.45, 2.75) is 31.7 Å². The third-order valence-electron chi connectivity index (χ3n) is 2.84. The molecule has 1 N–H and O–H groups in total. The zero-order valence-electron chi connectivity index (χ0n) is 7.61. The van der Waals surface area contributed by atoms with Crippen LogP contribution in [0.5, 0.6) is 0 Å². The molecule has 1 aliphatic heterocycles. The Morgan fingerprint density at radius 1 is 1.38 bits per heavy atom. The van der Waals surface area contributed by atoms with Gasteiger partial charge in [-0.05, 0) is 38.1 Å². The van der Waals surface area contributed by atoms with Crippen molar-refractivity contribution in [2.75, 3.05) is 13.1 Å². The van der Waals surface area contributed by atoms with Gasteiger partial charge < -0.3 is 5.11 Å². The number of nitrogens with zero attached hydrogens (tertiary/aromatic N) is 1. The van der Waals surface area contributed by atoms with Gasteiger partial charge in [0.1, 0.15) is 6.04 Å². The molecule has 0 bridgehead atoms. The van der Waals surface area contributed by atoms with Gasteiger partial charge in [0.2, 0.25) is 0 Å². The van der Waals surface area contributed by atoms with Gasteiger partial charge in [0.05, 0.1) is 0 Å². The van der Waals surface area contributed by atoms with Crippen LogP contribution in [0.4, 0.5) is 0 Å². The first-order valence-corrected chi connectivity index (χ1v) is 4.74. The molecule has 1 unspecified atom stereocenters. The molecule has 2 aliphatic rings. The molecule has 0 aromatic rings. The highest BCUT2D eigenvalue weighted by Gasteiger charge is 2.34. The van der Waals surface area contributed by atoms with E-state index in [4.69, 9.17) is 5.11 Å².